The van der Waals surface area contributed by atoms with E-state index in [4.69, 9.17) is 16.5 Å². The lowest BCUT2D eigenvalue weighted by Crippen LogP contribution is -2.38. The number of likely N-dealkylation sites (tertiary alicyclic amines) is 1. The predicted octanol–water partition coefficient (Wildman–Crippen LogP) is 3.04. The summed E-state index contributed by atoms with van der Waals surface area (Å²) in [5.74, 6) is 1.10. The van der Waals surface area contributed by atoms with E-state index in [-0.39, 0.29) is 17.9 Å². The van der Waals surface area contributed by atoms with Gasteiger partial charge < -0.3 is 27.0 Å². The number of nitrogen functional groups attached to an aromatic ring is 2. The molecule has 0 bridgehead atoms. The van der Waals surface area contributed by atoms with Gasteiger partial charge in [-0.05, 0) is 44.5 Å². The molecule has 11 heteroatoms. The fourth-order valence-corrected chi connectivity index (χ4v) is 4.84. The van der Waals surface area contributed by atoms with Crippen molar-refractivity contribution in [2.45, 2.75) is 25.3 Å². The molecule has 1 aliphatic heterocycles. The lowest BCUT2D eigenvalue weighted by atomic mass is 10.0. The number of anilines is 3. The summed E-state index contributed by atoms with van der Waals surface area (Å²) in [6, 6.07) is 10.1. The van der Waals surface area contributed by atoms with Crippen molar-refractivity contribution in [3.8, 4) is 11.3 Å². The molecule has 0 unspecified atom stereocenters. The van der Waals surface area contributed by atoms with Crippen LogP contribution in [0.2, 0.25) is 0 Å². The van der Waals surface area contributed by atoms with Gasteiger partial charge in [0.1, 0.15) is 28.7 Å². The number of piperidine rings is 1. The van der Waals surface area contributed by atoms with E-state index in [1.807, 2.05) is 40.8 Å². The Morgan fingerprint density at radius 2 is 1.92 bits per heavy atom. The van der Waals surface area contributed by atoms with Crippen molar-refractivity contribution in [1.29, 1.82) is 0 Å². The second-order valence-electron chi connectivity index (χ2n) is 9.36. The molecule has 0 spiro atoms. The Labute approximate surface area is 226 Å². The predicted molar refractivity (Wildman–Crippen MR) is 151 cm³/mol. The van der Waals surface area contributed by atoms with Gasteiger partial charge in [0.25, 0.3) is 5.91 Å². The molecule has 1 fully saturated rings. The lowest BCUT2D eigenvalue weighted by Gasteiger charge is -2.34. The van der Waals surface area contributed by atoms with Crippen LogP contribution < -0.4 is 22.1 Å². The third kappa shape index (κ3) is 5.43. The monoisotopic (exact) mass is 525 g/mol. The Bertz CT molecular complexity index is 1530. The summed E-state index contributed by atoms with van der Waals surface area (Å²) in [7, 11) is 1.84. The summed E-state index contributed by atoms with van der Waals surface area (Å²) in [5, 5.41) is 5.77. The minimum Gasteiger partial charge on any atom is -0.399 e. The number of aromatic nitrogens is 4. The van der Waals surface area contributed by atoms with Gasteiger partial charge in [-0.1, -0.05) is 18.2 Å². The fraction of sp³-hybridized carbons (Fsp3) is 0.250. The van der Waals surface area contributed by atoms with E-state index in [2.05, 4.69) is 20.6 Å². The number of carbonyl (C=O) groups is 2. The number of nitrogens with one attached hydrogen (secondary N) is 2. The van der Waals surface area contributed by atoms with Crippen LogP contribution in [0.5, 0.6) is 0 Å². The van der Waals surface area contributed by atoms with E-state index in [1.165, 1.54) is 6.20 Å². The van der Waals surface area contributed by atoms with Crippen LogP contribution >= 0.6 is 0 Å². The highest BCUT2D eigenvalue weighted by molar-refractivity contribution is 6.04. The number of pyridine rings is 1. The first-order valence-corrected chi connectivity index (χ1v) is 12.8. The molecule has 6 N–H and O–H groups in total. The number of hydrogen-bond donors (Lipinski definition) is 4. The molecular formula is C28H31N9O2. The number of hydrogen-bond acceptors (Lipinski definition) is 8. The Morgan fingerprint density at radius 3 is 2.69 bits per heavy atom. The van der Waals surface area contributed by atoms with Gasteiger partial charge in [-0.2, -0.15) is 0 Å². The largest absolute Gasteiger partial charge is 0.399 e. The normalized spacial score (nSPS) is 15.6. The summed E-state index contributed by atoms with van der Waals surface area (Å²) in [6.45, 7) is 1.27. The average molecular weight is 526 g/mol. The molecule has 39 heavy (non-hydrogen) atoms. The number of amides is 2. The van der Waals surface area contributed by atoms with E-state index < -0.39 is 0 Å². The maximum absolute atomic E-state index is 13.1. The summed E-state index contributed by atoms with van der Waals surface area (Å²) in [6.07, 6.45) is 11.2. The lowest BCUT2D eigenvalue weighted by molar-refractivity contribution is -0.130. The first-order chi connectivity index (χ1) is 19.0. The smallest absolute Gasteiger partial charge is 0.256 e. The van der Waals surface area contributed by atoms with Crippen LogP contribution in [0.4, 0.5) is 17.3 Å². The van der Waals surface area contributed by atoms with Crippen molar-refractivity contribution in [3.63, 3.8) is 0 Å². The third-order valence-corrected chi connectivity index (χ3v) is 6.72. The third-order valence-electron chi connectivity index (χ3n) is 6.72. The molecule has 2 amide bonds. The Morgan fingerprint density at radius 1 is 1.10 bits per heavy atom. The van der Waals surface area contributed by atoms with E-state index in [9.17, 15) is 9.59 Å². The molecule has 200 valence electrons. The standard InChI is InChI=1S/C28H31N9O2/c1-31-12-4-6-23(38)36-15-3-2-5-21(36)27-35-24(25-26(30)33-14-16-37(25)27)18-7-9-19(10-8-18)28(39)34-22-17-20(29)11-13-32-22/h4,6-11,13-14,16-17,21,31H,2-3,5,12,15H2,1H3,(H2,30,33)(H3,29,32,34,39)/b6-4+/t21-/m0/s1. The molecule has 0 saturated carbocycles. The quantitative estimate of drug-likeness (QED) is 0.268. The van der Waals surface area contributed by atoms with Crippen molar-refractivity contribution < 1.29 is 9.59 Å². The zero-order chi connectivity index (χ0) is 27.4. The van der Waals surface area contributed by atoms with Gasteiger partial charge in [0.05, 0.1) is 6.04 Å². The molecule has 4 heterocycles. The van der Waals surface area contributed by atoms with Crippen LogP contribution in [0.3, 0.4) is 0 Å². The number of rotatable bonds is 7. The Kier molecular flexibility index (Phi) is 7.50. The molecule has 1 saturated heterocycles. The van der Waals surface area contributed by atoms with Crippen LogP contribution in [0.15, 0.2) is 67.1 Å². The first-order valence-electron chi connectivity index (χ1n) is 12.8. The van der Waals surface area contributed by atoms with E-state index in [0.29, 0.717) is 47.2 Å². The molecule has 0 aliphatic carbocycles. The molecule has 1 atom stereocenters. The van der Waals surface area contributed by atoms with Crippen LogP contribution in [-0.2, 0) is 4.79 Å². The van der Waals surface area contributed by atoms with Gasteiger partial charge in [0, 0.05) is 60.6 Å². The molecule has 3 aromatic heterocycles. The molecule has 5 rings (SSSR count). The molecule has 11 nitrogen and oxygen atoms in total. The Balaban J connectivity index is 1.47. The van der Waals surface area contributed by atoms with E-state index in [1.54, 1.807) is 36.5 Å². The van der Waals surface area contributed by atoms with Crippen molar-refractivity contribution >= 4 is 34.7 Å². The van der Waals surface area contributed by atoms with Crippen LogP contribution in [0.25, 0.3) is 16.8 Å². The van der Waals surface area contributed by atoms with Crippen LogP contribution in [0.1, 0.15) is 41.5 Å². The number of benzene rings is 1. The highest BCUT2D eigenvalue weighted by Crippen LogP contribution is 2.36. The minimum atomic E-state index is -0.307. The van der Waals surface area contributed by atoms with E-state index in [0.717, 1.165) is 30.7 Å². The summed E-state index contributed by atoms with van der Waals surface area (Å²) >= 11 is 0. The second kappa shape index (κ2) is 11.3. The average Bonchev–Trinajstić information content (AvgIpc) is 3.34. The number of fused-ring (bicyclic) bond motifs is 1. The summed E-state index contributed by atoms with van der Waals surface area (Å²) in [5.41, 5.74) is 15.2. The zero-order valence-electron chi connectivity index (χ0n) is 21.7. The van der Waals surface area contributed by atoms with Gasteiger partial charge in [0.2, 0.25) is 5.91 Å². The highest BCUT2D eigenvalue weighted by Gasteiger charge is 2.31. The number of imidazole rings is 1. The fourth-order valence-electron chi connectivity index (χ4n) is 4.84. The van der Waals surface area contributed by atoms with E-state index >= 15 is 0 Å². The highest BCUT2D eigenvalue weighted by atomic mass is 16.2. The van der Waals surface area contributed by atoms with Gasteiger partial charge in [-0.3, -0.25) is 14.0 Å². The molecule has 0 radical (unpaired) electrons. The molecule has 1 aromatic carbocycles. The SMILES string of the molecule is CNC/C=C/C(=O)N1CCCC[C@H]1c1nc(-c2ccc(C(=O)Nc3cc(N)ccn3)cc2)c2c(N)nccn12. The van der Waals surface area contributed by atoms with Crippen molar-refractivity contribution in [2.24, 2.45) is 0 Å². The number of likely N-dealkylation sites (N-methyl/N-ethyl adjacent to an activating group) is 1. The van der Waals surface area contributed by atoms with Crippen molar-refractivity contribution in [1.82, 2.24) is 29.6 Å². The number of nitrogens with two attached hydrogens (primary N) is 2. The second-order valence-corrected chi connectivity index (χ2v) is 9.36. The summed E-state index contributed by atoms with van der Waals surface area (Å²) in [4.78, 5) is 41.1. The molecule has 1 aliphatic rings. The van der Waals surface area contributed by atoms with Gasteiger partial charge in [-0.25, -0.2) is 15.0 Å². The van der Waals surface area contributed by atoms with Crippen LogP contribution in [-0.4, -0.2) is 56.2 Å². The topological polar surface area (TPSA) is 157 Å². The minimum absolute atomic E-state index is 0.0414. The number of carbonyl (C=O) groups excluding carboxylic acids is 2. The molecule has 4 aromatic rings. The van der Waals surface area contributed by atoms with Gasteiger partial charge >= 0.3 is 0 Å². The summed E-state index contributed by atoms with van der Waals surface area (Å²) < 4.78 is 1.93. The first kappa shape index (κ1) is 25.9. The Hall–Kier alpha value is -4.77. The maximum atomic E-state index is 13.1. The number of nitrogens with zero attached hydrogens (tertiary/aromatic N) is 5. The van der Waals surface area contributed by atoms with Crippen LogP contribution in [0, 0.1) is 0 Å². The van der Waals surface area contributed by atoms with Gasteiger partial charge in [0.15, 0.2) is 0 Å². The molecular weight excluding hydrogens is 494 g/mol. The maximum Gasteiger partial charge on any atom is 0.256 e. The van der Waals surface area contributed by atoms with Crippen molar-refractivity contribution in [3.05, 3.63) is 78.5 Å². The zero-order valence-corrected chi connectivity index (χ0v) is 21.7. The van der Waals surface area contributed by atoms with Crippen molar-refractivity contribution in [2.75, 3.05) is 36.9 Å². The van der Waals surface area contributed by atoms with Gasteiger partial charge in [-0.15, -0.1) is 0 Å².